The van der Waals surface area contributed by atoms with Crippen LogP contribution in [0.2, 0.25) is 0 Å². The number of amides is 10. The molecule has 0 saturated heterocycles. The molecule has 0 aliphatic heterocycles. The number of carbonyl (C=O) groups is 11. The molecule has 0 bridgehead atoms. The third kappa shape index (κ3) is 26.0. The number of hydrogen-bond acceptors (Lipinski definition) is 19. The molecule has 0 aliphatic carbocycles. The largest absolute Gasteiger partial charge is 0.480 e. The minimum absolute atomic E-state index is 0.0196. The van der Waals surface area contributed by atoms with Crippen LogP contribution in [-0.2, 0) is 84.8 Å². The highest BCUT2D eigenvalue weighted by Crippen LogP contribution is 2.22. The summed E-state index contributed by atoms with van der Waals surface area (Å²) in [6.07, 6.45) is -1.68. The minimum atomic E-state index is -1.90. The van der Waals surface area contributed by atoms with Crippen molar-refractivity contribution in [3.05, 3.63) is 174 Å². The van der Waals surface area contributed by atoms with Gasteiger partial charge in [0.2, 0.25) is 59.1 Å². The van der Waals surface area contributed by atoms with Gasteiger partial charge in [-0.1, -0.05) is 121 Å². The summed E-state index contributed by atoms with van der Waals surface area (Å²) in [6, 6.07) is 23.1. The van der Waals surface area contributed by atoms with E-state index in [0.717, 1.165) is 12.6 Å². The molecule has 0 unspecified atom stereocenters. The van der Waals surface area contributed by atoms with Crippen LogP contribution < -0.4 is 69.5 Å². The van der Waals surface area contributed by atoms with Gasteiger partial charge in [-0.15, -0.1) is 0 Å². The van der Waals surface area contributed by atoms with Crippen LogP contribution >= 0.6 is 25.3 Å². The number of nitrogens with two attached hydrogens (primary N) is 2. The topological polar surface area (TPSA) is 460 Å². The number of rotatable bonds is 42. The van der Waals surface area contributed by atoms with Gasteiger partial charge in [0.25, 0.3) is 0 Å². The number of hydrogen-bond donors (Lipinski definition) is 19. The lowest BCUT2D eigenvalue weighted by Crippen LogP contribution is -2.63. The fourth-order valence-electron chi connectivity index (χ4n) is 11.2. The van der Waals surface area contributed by atoms with Crippen LogP contribution in [0.5, 0.6) is 0 Å². The van der Waals surface area contributed by atoms with Crippen LogP contribution in [0, 0.1) is 0 Å². The molecule has 6 aromatic rings. The number of aliphatic carboxylic acids is 1. The van der Waals surface area contributed by atoms with Crippen molar-refractivity contribution in [1.82, 2.24) is 58.2 Å². The highest BCUT2D eigenvalue weighted by molar-refractivity contribution is 7.80. The molecule has 29 nitrogen and oxygen atoms in total. The molecule has 105 heavy (non-hydrogen) atoms. The monoisotopic (exact) mass is 1490 g/mol. The van der Waals surface area contributed by atoms with Crippen LogP contribution in [0.1, 0.15) is 74.8 Å². The minimum Gasteiger partial charge on any atom is -0.480 e. The standard InChI is InChI=1S/C74H98N14O15S2/c1-42(2)88(5)50-30-28-48(29-31-50)36-57(69(97)86-62(43(3)90)72(100)83-58(35-47-23-13-8-14-24-47)70(98)87-63(44(4)91)73(101)84-60(39-89)71(99)85-61(41-105)74(102)103)81-68(96)59(37-49-38-77-53-26-16-15-25-51(49)53)82-67(95)56(34-46-21-11-7-12-22-46)80-66(94)55(33-45-19-9-6-10-20-45)79-65(93)54(27-17-18-32-75)78-64(92)52(76)40-104/h6-16,19-26,28-31,38,42-44,52,54-63,77,89-91,104-105H,17-18,27,32-37,39-41,75-76H2,1-5H3,(H,78,92)(H,79,93)(H,80,94)(H,81,96)(H,82,95)(H,83,100)(H,84,101)(H,85,99)(H,86,97)(H,87,98)(H,102,103)/t43-,44-,52+,54+,55+,56+,57+,58+,59-,60+,61+,62+,63+/m1/s1. The first-order valence-corrected chi connectivity index (χ1v) is 35.8. The van der Waals surface area contributed by atoms with E-state index in [1.807, 2.05) is 44.0 Å². The van der Waals surface area contributed by atoms with Gasteiger partial charge in [0.15, 0.2) is 0 Å². The maximum absolute atomic E-state index is 15.5. The lowest BCUT2D eigenvalue weighted by atomic mass is 9.99. The number of unbranched alkanes of at least 4 members (excludes halogenated alkanes) is 1. The summed E-state index contributed by atoms with van der Waals surface area (Å²) in [4.78, 5) is 161. The summed E-state index contributed by atoms with van der Waals surface area (Å²) in [5, 5.41) is 68.3. The second-order valence-electron chi connectivity index (χ2n) is 25.9. The molecule has 0 saturated carbocycles. The van der Waals surface area contributed by atoms with E-state index in [9.17, 15) is 54.0 Å². The van der Waals surface area contributed by atoms with Gasteiger partial charge in [-0.25, -0.2) is 4.79 Å². The van der Waals surface area contributed by atoms with Crippen LogP contribution in [0.15, 0.2) is 146 Å². The quantitative estimate of drug-likeness (QED) is 0.0170. The highest BCUT2D eigenvalue weighted by atomic mass is 32.1. The number of H-pyrrole nitrogens is 1. The number of anilines is 1. The molecule has 1 heterocycles. The van der Waals surface area contributed by atoms with Gasteiger partial charge in [0.1, 0.15) is 60.4 Å². The Balaban J connectivity index is 1.36. The summed E-state index contributed by atoms with van der Waals surface area (Å²) in [5.41, 5.74) is 16.0. The Hall–Kier alpha value is -9.89. The number of carboxylic acid groups (broad SMARTS) is 1. The third-order valence-electron chi connectivity index (χ3n) is 17.5. The molecule has 5 aromatic carbocycles. The smallest absolute Gasteiger partial charge is 0.327 e. The molecular formula is C74H98N14O15S2. The number of aliphatic hydroxyl groups excluding tert-OH is 3. The number of benzene rings is 5. The predicted octanol–water partition coefficient (Wildman–Crippen LogP) is -0.472. The Kier molecular flexibility index (Phi) is 33.7. The van der Waals surface area contributed by atoms with Crippen molar-refractivity contribution in [2.24, 2.45) is 11.5 Å². The van der Waals surface area contributed by atoms with Crippen molar-refractivity contribution in [2.45, 2.75) is 164 Å². The van der Waals surface area contributed by atoms with Crippen LogP contribution in [0.4, 0.5) is 5.69 Å². The molecule has 19 N–H and O–H groups in total. The average Bonchev–Trinajstić information content (AvgIpc) is 1.75. The number of fused-ring (bicyclic) bond motifs is 1. The SMILES string of the molecule is CC(C)N(C)c1ccc(C[C@H](NC(=O)[C@@H](Cc2c[nH]c3ccccc23)NC(=O)[C@H](Cc2ccccc2)NC(=O)[C@H](Cc2ccccc2)NC(=O)[C@H](CCCCN)NC(=O)[C@@H](N)CS)C(=O)N[C@H](C(=O)N[C@@H](Cc2ccccc2)C(=O)N[C@H](C(=O)N[C@@H](CO)C(=O)N[C@@H](CS)C(=O)O)[C@@H](C)O)[C@@H](C)O)cc1. The molecule has 0 radical (unpaired) electrons. The first-order valence-electron chi connectivity index (χ1n) is 34.5. The second-order valence-corrected chi connectivity index (χ2v) is 26.7. The number of carbonyl (C=O) groups excluding carboxylic acids is 10. The van der Waals surface area contributed by atoms with Crippen molar-refractivity contribution >= 4 is 107 Å². The first kappa shape index (κ1) is 84.1. The molecule has 0 spiro atoms. The van der Waals surface area contributed by atoms with Gasteiger partial charge in [0.05, 0.1) is 24.9 Å². The number of aromatic amines is 1. The maximum Gasteiger partial charge on any atom is 0.327 e. The molecule has 566 valence electrons. The molecule has 1 aromatic heterocycles. The number of nitrogens with one attached hydrogen (secondary N) is 11. The normalized spacial score (nSPS) is 15.0. The van der Waals surface area contributed by atoms with E-state index < -0.39 is 150 Å². The van der Waals surface area contributed by atoms with E-state index in [-0.39, 0.29) is 56.1 Å². The van der Waals surface area contributed by atoms with E-state index in [1.54, 1.807) is 128 Å². The highest BCUT2D eigenvalue weighted by Gasteiger charge is 2.39. The van der Waals surface area contributed by atoms with E-state index in [2.05, 4.69) is 83.4 Å². The van der Waals surface area contributed by atoms with Crippen molar-refractivity contribution in [3.8, 4) is 0 Å². The molecule has 10 amide bonds. The zero-order chi connectivity index (χ0) is 76.9. The predicted molar refractivity (Wildman–Crippen MR) is 402 cm³/mol. The fraction of sp³-hybridized carbons (Fsp3) is 0.419. The molecular weight excluding hydrogens is 1390 g/mol. The second kappa shape index (κ2) is 42.2. The van der Waals surface area contributed by atoms with E-state index in [1.165, 1.54) is 6.92 Å². The van der Waals surface area contributed by atoms with E-state index in [0.29, 0.717) is 58.1 Å². The summed E-state index contributed by atoms with van der Waals surface area (Å²) >= 11 is 8.06. The van der Waals surface area contributed by atoms with Gasteiger partial charge in [-0.3, -0.25) is 47.9 Å². The first-order chi connectivity index (χ1) is 50.1. The Morgan fingerprint density at radius 1 is 0.438 bits per heavy atom. The van der Waals surface area contributed by atoms with Gasteiger partial charge in [-0.05, 0) is 99.5 Å². The van der Waals surface area contributed by atoms with Crippen molar-refractivity contribution in [3.63, 3.8) is 0 Å². The van der Waals surface area contributed by atoms with Crippen molar-refractivity contribution in [1.29, 1.82) is 0 Å². The lowest BCUT2D eigenvalue weighted by Gasteiger charge is -2.29. The summed E-state index contributed by atoms with van der Waals surface area (Å²) in [5.74, 6) is -11.4. The Morgan fingerprint density at radius 2 is 0.800 bits per heavy atom. The number of aromatic nitrogens is 1. The molecule has 13 atom stereocenters. The molecule has 0 aliphatic rings. The molecule has 31 heteroatoms. The molecule has 6 rings (SSSR count). The van der Waals surface area contributed by atoms with Crippen LogP contribution in [0.3, 0.4) is 0 Å². The van der Waals surface area contributed by atoms with Gasteiger partial charge in [-0.2, -0.15) is 25.3 Å². The summed E-state index contributed by atoms with van der Waals surface area (Å²) in [7, 11) is 1.89. The van der Waals surface area contributed by atoms with Crippen LogP contribution in [0.25, 0.3) is 10.9 Å². The Morgan fingerprint density at radius 3 is 1.20 bits per heavy atom. The van der Waals surface area contributed by atoms with Gasteiger partial charge in [0, 0.05) is 79.5 Å². The van der Waals surface area contributed by atoms with Gasteiger partial charge >= 0.3 is 5.97 Å². The fourth-order valence-corrected chi connectivity index (χ4v) is 11.6. The third-order valence-corrected chi connectivity index (χ3v) is 18.3. The number of carboxylic acids is 1. The number of nitrogens with zero attached hydrogens (tertiary/aromatic N) is 1. The number of thiol groups is 2. The van der Waals surface area contributed by atoms with E-state index in [4.69, 9.17) is 11.5 Å². The van der Waals surface area contributed by atoms with Crippen molar-refractivity contribution in [2.75, 3.05) is 36.6 Å². The Labute approximate surface area is 620 Å². The zero-order valence-electron chi connectivity index (χ0n) is 59.2. The summed E-state index contributed by atoms with van der Waals surface area (Å²) in [6.45, 7) is 5.57. The number of para-hydroxylation sites is 1. The number of aliphatic hydroxyl groups is 3. The van der Waals surface area contributed by atoms with E-state index >= 15 is 19.2 Å². The maximum atomic E-state index is 15.5. The average molecular weight is 1490 g/mol. The summed E-state index contributed by atoms with van der Waals surface area (Å²) < 4.78 is 0. The Bertz CT molecular complexity index is 3860. The lowest BCUT2D eigenvalue weighted by molar-refractivity contribution is -0.142. The zero-order valence-corrected chi connectivity index (χ0v) is 61.0. The van der Waals surface area contributed by atoms with Gasteiger partial charge < -0.3 is 94.9 Å². The van der Waals surface area contributed by atoms with Crippen molar-refractivity contribution < 1.29 is 73.2 Å². The molecule has 0 fully saturated rings. The van der Waals surface area contributed by atoms with Crippen LogP contribution in [-0.4, -0.2) is 207 Å².